The van der Waals surface area contributed by atoms with Crippen molar-refractivity contribution in [2.75, 3.05) is 0 Å². The van der Waals surface area contributed by atoms with Crippen LogP contribution < -0.4 is 0 Å². The van der Waals surface area contributed by atoms with Crippen molar-refractivity contribution in [2.24, 2.45) is 0 Å². The Morgan fingerprint density at radius 3 is 2.67 bits per heavy atom. The average Bonchev–Trinajstić information content (AvgIpc) is 2.92. The second kappa shape index (κ2) is 5.65. The lowest BCUT2D eigenvalue weighted by Gasteiger charge is -2.08. The number of carboxylic acids is 1. The summed E-state index contributed by atoms with van der Waals surface area (Å²) in [4.78, 5) is 11.4. The molecule has 3 aromatic rings. The third-order valence-electron chi connectivity index (χ3n) is 3.10. The van der Waals surface area contributed by atoms with E-state index in [1.54, 1.807) is 22.8 Å². The largest absolute Gasteiger partial charge is 0.477 e. The number of fused-ring (bicyclic) bond motifs is 1. The molecule has 7 heteroatoms. The minimum atomic E-state index is -0.949. The van der Waals surface area contributed by atoms with E-state index in [0.29, 0.717) is 16.6 Å². The minimum absolute atomic E-state index is 0.259. The van der Waals surface area contributed by atoms with E-state index >= 15 is 0 Å². The van der Waals surface area contributed by atoms with Crippen LogP contribution in [0.2, 0.25) is 10.0 Å². The molecule has 0 aliphatic carbocycles. The molecule has 0 bridgehead atoms. The number of thiophene rings is 1. The molecule has 1 N–H and O–H groups in total. The van der Waals surface area contributed by atoms with Gasteiger partial charge < -0.3 is 9.67 Å². The Morgan fingerprint density at radius 2 is 2.00 bits per heavy atom. The Labute approximate surface area is 142 Å². The maximum Gasteiger partial charge on any atom is 0.352 e. The molecule has 2 heterocycles. The molecule has 3 nitrogen and oxygen atoms in total. The molecule has 3 rings (SSSR count). The van der Waals surface area contributed by atoms with Crippen molar-refractivity contribution in [3.05, 3.63) is 55.4 Å². The van der Waals surface area contributed by atoms with Gasteiger partial charge in [-0.2, -0.15) is 0 Å². The molecule has 0 saturated carbocycles. The maximum absolute atomic E-state index is 11.4. The van der Waals surface area contributed by atoms with Crippen molar-refractivity contribution >= 4 is 66.7 Å². The Morgan fingerprint density at radius 1 is 1.24 bits per heavy atom. The number of rotatable bonds is 3. The summed E-state index contributed by atoms with van der Waals surface area (Å²) in [6, 6.07) is 8.91. The second-order valence-corrected chi connectivity index (χ2v) is 7.75. The highest BCUT2D eigenvalue weighted by atomic mass is 79.9. The zero-order chi connectivity index (χ0) is 15.1. The van der Waals surface area contributed by atoms with Gasteiger partial charge in [0, 0.05) is 6.54 Å². The summed E-state index contributed by atoms with van der Waals surface area (Å²) < 4.78 is 3.66. The van der Waals surface area contributed by atoms with Crippen molar-refractivity contribution in [3.8, 4) is 0 Å². The number of benzene rings is 1. The second-order valence-electron chi connectivity index (χ2n) is 4.47. The smallest absolute Gasteiger partial charge is 0.352 e. The number of hydrogen-bond acceptors (Lipinski definition) is 2. The fourth-order valence-corrected chi connectivity index (χ4v) is 4.07. The molecule has 0 saturated heterocycles. The van der Waals surface area contributed by atoms with E-state index in [4.69, 9.17) is 23.2 Å². The molecule has 0 atom stereocenters. The van der Waals surface area contributed by atoms with Crippen LogP contribution in [0.1, 0.15) is 16.1 Å². The van der Waals surface area contributed by atoms with E-state index in [9.17, 15) is 9.90 Å². The molecule has 2 aromatic heterocycles. The predicted molar refractivity (Wildman–Crippen MR) is 90.0 cm³/mol. The number of carbonyl (C=O) groups is 1. The predicted octanol–water partition coefficient (Wildman–Crippen LogP) is 5.52. The van der Waals surface area contributed by atoms with Gasteiger partial charge in [-0.15, -0.1) is 11.3 Å². The van der Waals surface area contributed by atoms with E-state index in [-0.39, 0.29) is 5.69 Å². The van der Waals surface area contributed by atoms with Crippen LogP contribution in [0, 0.1) is 0 Å². The first kappa shape index (κ1) is 14.9. The summed E-state index contributed by atoms with van der Waals surface area (Å²) >= 11 is 16.9. The summed E-state index contributed by atoms with van der Waals surface area (Å²) in [5.74, 6) is -0.949. The standard InChI is InChI=1S/C14H8BrCl2NO2S/c15-13-5-10-12(21-13)4-11(14(19)20)18(10)6-7-1-2-8(16)9(17)3-7/h1-5H,6H2,(H,19,20). The number of halogens is 3. The lowest BCUT2D eigenvalue weighted by atomic mass is 10.2. The third kappa shape index (κ3) is 2.83. The molecule has 0 aliphatic rings. The van der Waals surface area contributed by atoms with Crippen LogP contribution >= 0.6 is 50.5 Å². The number of aromatic carboxylic acids is 1. The van der Waals surface area contributed by atoms with Crippen LogP contribution in [0.25, 0.3) is 10.2 Å². The monoisotopic (exact) mass is 403 g/mol. The maximum atomic E-state index is 11.4. The first-order valence-corrected chi connectivity index (χ1v) is 8.28. The first-order chi connectivity index (χ1) is 9.95. The van der Waals surface area contributed by atoms with Crippen molar-refractivity contribution < 1.29 is 9.90 Å². The van der Waals surface area contributed by atoms with Crippen LogP contribution in [0.3, 0.4) is 0 Å². The SMILES string of the molecule is O=C(O)c1cc2sc(Br)cc2n1Cc1ccc(Cl)c(Cl)c1. The van der Waals surface area contributed by atoms with E-state index in [0.717, 1.165) is 19.6 Å². The Hall–Kier alpha value is -1.01. The molecule has 0 unspecified atom stereocenters. The van der Waals surface area contributed by atoms with Crippen LogP contribution in [0.15, 0.2) is 34.1 Å². The van der Waals surface area contributed by atoms with Crippen molar-refractivity contribution in [2.45, 2.75) is 6.54 Å². The molecule has 108 valence electrons. The van der Waals surface area contributed by atoms with Gasteiger partial charge in [0.25, 0.3) is 0 Å². The van der Waals surface area contributed by atoms with Gasteiger partial charge >= 0.3 is 5.97 Å². The molecule has 21 heavy (non-hydrogen) atoms. The summed E-state index contributed by atoms with van der Waals surface area (Å²) in [6.45, 7) is 0.422. The molecule has 0 amide bonds. The third-order valence-corrected chi connectivity index (χ3v) is 5.42. The first-order valence-electron chi connectivity index (χ1n) is 5.91. The highest BCUT2D eigenvalue weighted by molar-refractivity contribution is 9.11. The summed E-state index contributed by atoms with van der Waals surface area (Å²) in [6.07, 6.45) is 0. The molecule has 1 aromatic carbocycles. The molecule has 0 aliphatic heterocycles. The Kier molecular flexibility index (Phi) is 4.01. The van der Waals surface area contributed by atoms with Crippen LogP contribution in [0.4, 0.5) is 0 Å². The van der Waals surface area contributed by atoms with E-state index < -0.39 is 5.97 Å². The lowest BCUT2D eigenvalue weighted by molar-refractivity contribution is 0.0686. The summed E-state index contributed by atoms with van der Waals surface area (Å²) in [5.41, 5.74) is 2.04. The zero-order valence-electron chi connectivity index (χ0n) is 10.4. The highest BCUT2D eigenvalue weighted by Crippen LogP contribution is 2.33. The van der Waals surface area contributed by atoms with Gasteiger partial charge in [-0.05, 0) is 45.8 Å². The topological polar surface area (TPSA) is 42.2 Å². The lowest BCUT2D eigenvalue weighted by Crippen LogP contribution is -2.09. The Balaban J connectivity index is 2.11. The van der Waals surface area contributed by atoms with Gasteiger partial charge in [0.15, 0.2) is 0 Å². The van der Waals surface area contributed by atoms with Crippen LogP contribution in [-0.4, -0.2) is 15.6 Å². The van der Waals surface area contributed by atoms with Crippen molar-refractivity contribution in [3.63, 3.8) is 0 Å². The number of nitrogens with zero attached hydrogens (tertiary/aromatic N) is 1. The van der Waals surface area contributed by atoms with Gasteiger partial charge in [0.05, 0.1) is 24.0 Å². The average molecular weight is 405 g/mol. The normalized spacial score (nSPS) is 11.2. The number of carboxylic acid groups (broad SMARTS) is 1. The molecule has 0 spiro atoms. The molecular formula is C14H8BrCl2NO2S. The highest BCUT2D eigenvalue weighted by Gasteiger charge is 2.17. The zero-order valence-corrected chi connectivity index (χ0v) is 14.4. The fraction of sp³-hybridized carbons (Fsp3) is 0.0714. The van der Waals surface area contributed by atoms with Gasteiger partial charge in [-0.1, -0.05) is 29.3 Å². The fourth-order valence-electron chi connectivity index (χ4n) is 2.18. The molecule has 0 radical (unpaired) electrons. The van der Waals surface area contributed by atoms with Crippen molar-refractivity contribution in [1.82, 2.24) is 4.57 Å². The summed E-state index contributed by atoms with van der Waals surface area (Å²) in [7, 11) is 0. The van der Waals surface area contributed by atoms with E-state index in [2.05, 4.69) is 15.9 Å². The quantitative estimate of drug-likeness (QED) is 0.624. The Bertz CT molecular complexity index is 856. The van der Waals surface area contributed by atoms with Gasteiger partial charge in [0.1, 0.15) is 5.69 Å². The van der Waals surface area contributed by atoms with Crippen LogP contribution in [-0.2, 0) is 6.54 Å². The van der Waals surface area contributed by atoms with E-state index in [1.165, 1.54) is 11.3 Å². The van der Waals surface area contributed by atoms with Crippen LogP contribution in [0.5, 0.6) is 0 Å². The molecular weight excluding hydrogens is 397 g/mol. The van der Waals surface area contributed by atoms with Gasteiger partial charge in [-0.25, -0.2) is 4.79 Å². The van der Waals surface area contributed by atoms with Crippen molar-refractivity contribution in [1.29, 1.82) is 0 Å². The summed E-state index contributed by atoms with van der Waals surface area (Å²) in [5, 5.41) is 10.3. The molecule has 0 fully saturated rings. The number of hydrogen-bond donors (Lipinski definition) is 1. The van der Waals surface area contributed by atoms with E-state index in [1.807, 2.05) is 12.1 Å². The van der Waals surface area contributed by atoms with Gasteiger partial charge in [0.2, 0.25) is 0 Å². The minimum Gasteiger partial charge on any atom is -0.477 e. The van der Waals surface area contributed by atoms with Gasteiger partial charge in [-0.3, -0.25) is 0 Å². The number of aromatic nitrogens is 1.